The van der Waals surface area contributed by atoms with Crippen LogP contribution in [0.2, 0.25) is 0 Å². The highest BCUT2D eigenvalue weighted by Gasteiger charge is 2.33. The lowest BCUT2D eigenvalue weighted by Gasteiger charge is -2.28. The summed E-state index contributed by atoms with van der Waals surface area (Å²) in [6.07, 6.45) is 1.56. The molecule has 1 aliphatic carbocycles. The van der Waals surface area contributed by atoms with Gasteiger partial charge in [-0.15, -0.1) is 0 Å². The van der Waals surface area contributed by atoms with Crippen LogP contribution in [-0.2, 0) is 4.74 Å². The quantitative estimate of drug-likeness (QED) is 0.671. The maximum absolute atomic E-state index is 13.6. The molecule has 0 aliphatic heterocycles. The highest BCUT2D eigenvalue weighted by Crippen LogP contribution is 2.34. The first-order chi connectivity index (χ1) is 11.1. The zero-order chi connectivity index (χ0) is 18.1. The van der Waals surface area contributed by atoms with Crippen molar-refractivity contribution in [3.63, 3.8) is 0 Å². The average molecular weight is 406 g/mol. The van der Waals surface area contributed by atoms with Crippen LogP contribution < -0.4 is 4.74 Å². The minimum Gasteiger partial charge on any atom is -0.489 e. The molecule has 0 aromatic heterocycles. The van der Waals surface area contributed by atoms with Gasteiger partial charge < -0.3 is 14.4 Å². The fraction of sp³-hybridized carbons (Fsp3) is 0.588. The van der Waals surface area contributed by atoms with Gasteiger partial charge in [-0.1, -0.05) is 0 Å². The van der Waals surface area contributed by atoms with Crippen LogP contribution in [0.3, 0.4) is 0 Å². The van der Waals surface area contributed by atoms with E-state index in [4.69, 9.17) is 9.47 Å². The second-order valence-corrected chi connectivity index (χ2v) is 7.76. The van der Waals surface area contributed by atoms with Crippen LogP contribution in [0.25, 0.3) is 0 Å². The number of carbonyl (C=O) groups is 1. The third-order valence-electron chi connectivity index (χ3n) is 3.88. The van der Waals surface area contributed by atoms with Gasteiger partial charge >= 0.3 is 6.09 Å². The summed E-state index contributed by atoms with van der Waals surface area (Å²) in [5.41, 5.74) is -0.545. The Bertz CT molecular complexity index is 619. The second kappa shape index (κ2) is 7.25. The fourth-order valence-corrected chi connectivity index (χ4v) is 3.05. The summed E-state index contributed by atoms with van der Waals surface area (Å²) in [6, 6.07) is 2.43. The number of rotatable bonds is 3. The van der Waals surface area contributed by atoms with Crippen LogP contribution in [0.15, 0.2) is 16.6 Å². The predicted molar refractivity (Wildman–Crippen MR) is 90.1 cm³/mol. The summed E-state index contributed by atoms with van der Waals surface area (Å²) < 4.78 is 37.8. The number of benzene rings is 1. The van der Waals surface area contributed by atoms with Crippen molar-refractivity contribution in [1.82, 2.24) is 4.90 Å². The van der Waals surface area contributed by atoms with Crippen molar-refractivity contribution in [2.24, 2.45) is 0 Å². The lowest BCUT2D eigenvalue weighted by molar-refractivity contribution is 0.0219. The molecule has 0 N–H and O–H groups in total. The monoisotopic (exact) mass is 405 g/mol. The van der Waals surface area contributed by atoms with Crippen LogP contribution >= 0.6 is 15.9 Å². The zero-order valence-corrected chi connectivity index (χ0v) is 15.8. The first kappa shape index (κ1) is 19.0. The Morgan fingerprint density at radius 1 is 1.29 bits per heavy atom. The first-order valence-corrected chi connectivity index (χ1v) is 8.63. The molecule has 0 heterocycles. The number of hydrogen-bond donors (Lipinski definition) is 0. The van der Waals surface area contributed by atoms with Crippen molar-refractivity contribution in [3.8, 4) is 5.75 Å². The molecule has 134 valence electrons. The van der Waals surface area contributed by atoms with Crippen LogP contribution in [0, 0.1) is 11.6 Å². The molecule has 24 heavy (non-hydrogen) atoms. The van der Waals surface area contributed by atoms with E-state index in [1.165, 1.54) is 6.07 Å². The van der Waals surface area contributed by atoms with Gasteiger partial charge in [0.25, 0.3) is 0 Å². The maximum Gasteiger partial charge on any atom is 0.410 e. The zero-order valence-electron chi connectivity index (χ0n) is 14.2. The molecule has 1 fully saturated rings. The molecule has 0 spiro atoms. The molecule has 4 nitrogen and oxygen atoms in total. The van der Waals surface area contributed by atoms with Gasteiger partial charge in [0.05, 0.1) is 4.47 Å². The minimum absolute atomic E-state index is 0.00563. The standard InChI is InChI=1S/C17H22BrF2NO3/c1-17(2,3)24-16(22)21(4)10-5-6-11(9-10)23-13-8-7-12(19)15(20)14(13)18/h7-8,10-11H,5-6,9H2,1-4H3/t10-,11-/m1/s1. The van der Waals surface area contributed by atoms with Crippen LogP contribution in [0.4, 0.5) is 13.6 Å². The highest BCUT2D eigenvalue weighted by atomic mass is 79.9. The molecule has 0 bridgehead atoms. The normalized spacial score (nSPS) is 20.8. The molecule has 0 unspecified atom stereocenters. The summed E-state index contributed by atoms with van der Waals surface area (Å²) >= 11 is 3.01. The maximum atomic E-state index is 13.6. The number of carbonyl (C=O) groups excluding carboxylic acids is 1. The van der Waals surface area contributed by atoms with Crippen molar-refractivity contribution in [3.05, 3.63) is 28.2 Å². The highest BCUT2D eigenvalue weighted by molar-refractivity contribution is 9.10. The molecular weight excluding hydrogens is 384 g/mol. The molecular formula is C17H22BrF2NO3. The van der Waals surface area contributed by atoms with Gasteiger partial charge in [-0.3, -0.25) is 0 Å². The van der Waals surface area contributed by atoms with E-state index < -0.39 is 17.2 Å². The van der Waals surface area contributed by atoms with E-state index in [9.17, 15) is 13.6 Å². The van der Waals surface area contributed by atoms with E-state index in [2.05, 4.69) is 15.9 Å². The van der Waals surface area contributed by atoms with Crippen molar-refractivity contribution in [1.29, 1.82) is 0 Å². The van der Waals surface area contributed by atoms with E-state index >= 15 is 0 Å². The van der Waals surface area contributed by atoms with Crippen molar-refractivity contribution < 1.29 is 23.0 Å². The minimum atomic E-state index is -0.965. The first-order valence-electron chi connectivity index (χ1n) is 7.84. The summed E-state index contributed by atoms with van der Waals surface area (Å²) in [7, 11) is 1.70. The topological polar surface area (TPSA) is 38.8 Å². The summed E-state index contributed by atoms with van der Waals surface area (Å²) in [5.74, 6) is -1.63. The van der Waals surface area contributed by atoms with E-state index in [0.717, 1.165) is 18.9 Å². The van der Waals surface area contributed by atoms with Gasteiger partial charge in [-0.05, 0) is 61.7 Å². The summed E-state index contributed by atoms with van der Waals surface area (Å²) in [5, 5.41) is 0. The lowest BCUT2D eigenvalue weighted by atomic mass is 10.2. The number of hydrogen-bond acceptors (Lipinski definition) is 3. The predicted octanol–water partition coefficient (Wildman–Crippen LogP) is 4.89. The smallest absolute Gasteiger partial charge is 0.410 e. The Hall–Kier alpha value is -1.37. The van der Waals surface area contributed by atoms with Gasteiger partial charge in [0.2, 0.25) is 0 Å². The summed E-state index contributed by atoms with van der Waals surface area (Å²) in [6.45, 7) is 5.46. The van der Waals surface area contributed by atoms with Gasteiger partial charge in [0.15, 0.2) is 11.6 Å². The molecule has 7 heteroatoms. The Morgan fingerprint density at radius 2 is 1.96 bits per heavy atom. The van der Waals surface area contributed by atoms with Crippen molar-refractivity contribution in [2.45, 2.75) is 57.8 Å². The molecule has 0 saturated heterocycles. The van der Waals surface area contributed by atoms with Crippen LogP contribution in [0.1, 0.15) is 40.0 Å². The van der Waals surface area contributed by atoms with Crippen molar-refractivity contribution in [2.75, 3.05) is 7.05 Å². The SMILES string of the molecule is CN(C(=O)OC(C)(C)C)[C@@H]1CC[C@@H](Oc2ccc(F)c(F)c2Br)C1. The number of halogens is 3. The number of nitrogens with zero attached hydrogens (tertiary/aromatic N) is 1. The third-order valence-corrected chi connectivity index (χ3v) is 4.62. The average Bonchev–Trinajstić information content (AvgIpc) is 2.94. The Balaban J connectivity index is 1.96. The molecule has 1 saturated carbocycles. The third kappa shape index (κ3) is 4.59. The molecule has 0 radical (unpaired) electrons. The number of ether oxygens (including phenoxy) is 2. The van der Waals surface area contributed by atoms with Crippen LogP contribution in [-0.4, -0.2) is 35.8 Å². The van der Waals surface area contributed by atoms with Crippen LogP contribution in [0.5, 0.6) is 5.75 Å². The molecule has 1 aromatic carbocycles. The Kier molecular flexibility index (Phi) is 5.73. The largest absolute Gasteiger partial charge is 0.489 e. The molecule has 2 atom stereocenters. The second-order valence-electron chi connectivity index (χ2n) is 6.97. The number of amides is 1. The van der Waals surface area contributed by atoms with Gasteiger partial charge in [-0.25, -0.2) is 13.6 Å². The van der Waals surface area contributed by atoms with E-state index in [0.29, 0.717) is 6.42 Å². The van der Waals surface area contributed by atoms with E-state index in [-0.39, 0.29) is 28.5 Å². The molecule has 1 amide bonds. The Labute approximate surface area is 149 Å². The van der Waals surface area contributed by atoms with E-state index in [1.807, 2.05) is 20.8 Å². The lowest BCUT2D eigenvalue weighted by Crippen LogP contribution is -2.40. The van der Waals surface area contributed by atoms with Gasteiger partial charge in [0.1, 0.15) is 17.5 Å². The van der Waals surface area contributed by atoms with E-state index in [1.54, 1.807) is 11.9 Å². The Morgan fingerprint density at radius 3 is 2.58 bits per heavy atom. The van der Waals surface area contributed by atoms with Gasteiger partial charge in [-0.2, -0.15) is 0 Å². The molecule has 1 aliphatic rings. The molecule has 2 rings (SSSR count). The van der Waals surface area contributed by atoms with Gasteiger partial charge in [0, 0.05) is 19.5 Å². The fourth-order valence-electron chi connectivity index (χ4n) is 2.64. The van der Waals surface area contributed by atoms with Crippen molar-refractivity contribution >= 4 is 22.0 Å². The summed E-state index contributed by atoms with van der Waals surface area (Å²) in [4.78, 5) is 13.7. The molecule has 1 aromatic rings.